The summed E-state index contributed by atoms with van der Waals surface area (Å²) in [5.41, 5.74) is 1.51. The summed E-state index contributed by atoms with van der Waals surface area (Å²) >= 11 is 0. The molecular weight excluding hydrogens is 286 g/mol. The van der Waals surface area contributed by atoms with Crippen LogP contribution in [0.4, 0.5) is 0 Å². The van der Waals surface area contributed by atoms with Crippen LogP contribution in [0.25, 0.3) is 11.5 Å². The second-order valence-corrected chi connectivity index (χ2v) is 4.61. The fraction of sp³-hybridized carbons (Fsp3) is 0.400. The fourth-order valence-electron chi connectivity index (χ4n) is 1.95. The predicted molar refractivity (Wildman–Crippen MR) is 78.6 cm³/mol. The Bertz CT molecular complexity index is 624. The molecule has 2 rings (SSSR count). The van der Waals surface area contributed by atoms with E-state index in [4.69, 9.17) is 14.0 Å². The number of ether oxygens (including phenoxy) is 1. The number of carbonyl (C=O) groups excluding carboxylic acids is 1. The summed E-state index contributed by atoms with van der Waals surface area (Å²) in [6.07, 6.45) is -0.0396. The number of amides is 1. The van der Waals surface area contributed by atoms with Crippen LogP contribution in [0, 0.1) is 0 Å². The highest BCUT2D eigenvalue weighted by Crippen LogP contribution is 2.24. The van der Waals surface area contributed by atoms with E-state index in [1.807, 2.05) is 19.1 Å². The van der Waals surface area contributed by atoms with Gasteiger partial charge in [0.15, 0.2) is 6.10 Å². The summed E-state index contributed by atoms with van der Waals surface area (Å²) < 4.78 is 10.8. The van der Waals surface area contributed by atoms with Crippen molar-refractivity contribution in [3.63, 3.8) is 0 Å². The zero-order valence-corrected chi connectivity index (χ0v) is 13.1. The Morgan fingerprint density at radius 2 is 1.95 bits per heavy atom. The highest BCUT2D eigenvalue weighted by Gasteiger charge is 2.24. The molecule has 0 saturated heterocycles. The summed E-state index contributed by atoms with van der Waals surface area (Å²) in [5, 5.41) is 9.05. The topological polar surface area (TPSA) is 77.7 Å². The highest BCUT2D eigenvalue weighted by molar-refractivity contribution is 5.81. The van der Waals surface area contributed by atoms with Gasteiger partial charge in [-0.25, -0.2) is 5.06 Å². The van der Waals surface area contributed by atoms with Crippen molar-refractivity contribution in [1.29, 1.82) is 0 Å². The molecule has 118 valence electrons. The number of hydrogen-bond donors (Lipinski definition) is 0. The standard InChI is InChI=1S/C15H19N3O4/c1-5-12-16-17-14(22-12)11-8-6-10(7-9-11)13(20-3)15(19)18(2)21-4/h6-9,13H,5H2,1-4H3. The van der Waals surface area contributed by atoms with Crippen molar-refractivity contribution in [2.45, 2.75) is 19.4 Å². The van der Waals surface area contributed by atoms with E-state index < -0.39 is 6.10 Å². The second-order valence-electron chi connectivity index (χ2n) is 4.61. The van der Waals surface area contributed by atoms with Gasteiger partial charge in [-0.15, -0.1) is 10.2 Å². The molecule has 2 aromatic rings. The minimum Gasteiger partial charge on any atom is -0.421 e. The number of aryl methyl sites for hydroxylation is 1. The van der Waals surface area contributed by atoms with Crippen molar-refractivity contribution in [3.8, 4) is 11.5 Å². The van der Waals surface area contributed by atoms with Gasteiger partial charge >= 0.3 is 0 Å². The number of hydrogen-bond acceptors (Lipinski definition) is 6. The molecule has 0 aliphatic carbocycles. The summed E-state index contributed by atoms with van der Waals surface area (Å²) in [4.78, 5) is 17.0. The van der Waals surface area contributed by atoms with Crippen LogP contribution >= 0.6 is 0 Å². The summed E-state index contributed by atoms with van der Waals surface area (Å²) in [6.45, 7) is 1.95. The van der Waals surface area contributed by atoms with Gasteiger partial charge in [0.05, 0.1) is 7.11 Å². The molecule has 22 heavy (non-hydrogen) atoms. The average Bonchev–Trinajstić information content (AvgIpc) is 3.04. The largest absolute Gasteiger partial charge is 0.421 e. The van der Waals surface area contributed by atoms with Gasteiger partial charge in [0, 0.05) is 26.1 Å². The molecule has 0 N–H and O–H groups in total. The Hall–Kier alpha value is -2.25. The Morgan fingerprint density at radius 1 is 1.27 bits per heavy atom. The lowest BCUT2D eigenvalue weighted by atomic mass is 10.1. The molecule has 0 saturated carbocycles. The quantitative estimate of drug-likeness (QED) is 0.760. The van der Waals surface area contributed by atoms with Crippen LogP contribution in [0.3, 0.4) is 0 Å². The van der Waals surface area contributed by atoms with E-state index in [9.17, 15) is 4.79 Å². The van der Waals surface area contributed by atoms with Crippen molar-refractivity contribution in [3.05, 3.63) is 35.7 Å². The molecule has 0 spiro atoms. The summed E-state index contributed by atoms with van der Waals surface area (Å²) in [6, 6.07) is 7.21. The summed E-state index contributed by atoms with van der Waals surface area (Å²) in [7, 11) is 4.44. The van der Waals surface area contributed by atoms with E-state index in [-0.39, 0.29) is 5.91 Å². The Kier molecular flexibility index (Phi) is 5.24. The number of methoxy groups -OCH3 is 1. The molecular formula is C15H19N3O4. The van der Waals surface area contributed by atoms with Crippen molar-refractivity contribution in [2.75, 3.05) is 21.3 Å². The number of benzene rings is 1. The Balaban J connectivity index is 2.21. The minimum atomic E-state index is -0.729. The third kappa shape index (κ3) is 3.32. The molecule has 0 bridgehead atoms. The third-order valence-electron chi connectivity index (χ3n) is 3.27. The number of carbonyl (C=O) groups is 1. The van der Waals surface area contributed by atoms with Gasteiger partial charge in [0.2, 0.25) is 11.8 Å². The maximum absolute atomic E-state index is 12.1. The van der Waals surface area contributed by atoms with Crippen LogP contribution in [0.15, 0.2) is 28.7 Å². The number of aromatic nitrogens is 2. The van der Waals surface area contributed by atoms with Crippen LogP contribution in [0.1, 0.15) is 24.5 Å². The van der Waals surface area contributed by atoms with Crippen LogP contribution in [0.2, 0.25) is 0 Å². The highest BCUT2D eigenvalue weighted by atomic mass is 16.7. The minimum absolute atomic E-state index is 0.288. The Morgan fingerprint density at radius 3 is 2.45 bits per heavy atom. The van der Waals surface area contributed by atoms with E-state index in [1.165, 1.54) is 21.3 Å². The first kappa shape index (κ1) is 16.1. The van der Waals surface area contributed by atoms with E-state index in [0.717, 1.165) is 16.2 Å². The molecule has 7 nitrogen and oxygen atoms in total. The lowest BCUT2D eigenvalue weighted by Gasteiger charge is -2.20. The predicted octanol–water partition coefficient (Wildman–Crippen LogP) is 2.01. The molecule has 0 aliphatic rings. The first-order valence-electron chi connectivity index (χ1n) is 6.87. The second kappa shape index (κ2) is 7.15. The maximum atomic E-state index is 12.1. The first-order chi connectivity index (χ1) is 10.6. The molecule has 0 aliphatic heterocycles. The van der Waals surface area contributed by atoms with E-state index >= 15 is 0 Å². The lowest BCUT2D eigenvalue weighted by Crippen LogP contribution is -2.31. The maximum Gasteiger partial charge on any atom is 0.279 e. The number of nitrogens with zero attached hydrogens (tertiary/aromatic N) is 3. The van der Waals surface area contributed by atoms with Crippen LogP contribution < -0.4 is 0 Å². The smallest absolute Gasteiger partial charge is 0.279 e. The number of rotatable bonds is 6. The monoisotopic (exact) mass is 305 g/mol. The molecule has 1 atom stereocenters. The van der Waals surface area contributed by atoms with E-state index in [1.54, 1.807) is 12.1 Å². The molecule has 0 radical (unpaired) electrons. The number of hydroxylamine groups is 2. The van der Waals surface area contributed by atoms with Gasteiger partial charge < -0.3 is 9.15 Å². The van der Waals surface area contributed by atoms with Crippen LogP contribution in [-0.2, 0) is 20.8 Å². The van der Waals surface area contributed by atoms with Crippen LogP contribution in [0.5, 0.6) is 0 Å². The molecule has 1 amide bonds. The first-order valence-corrected chi connectivity index (χ1v) is 6.87. The zero-order valence-electron chi connectivity index (χ0n) is 13.1. The lowest BCUT2D eigenvalue weighted by molar-refractivity contribution is -0.179. The Labute approximate surface area is 128 Å². The molecule has 7 heteroatoms. The van der Waals surface area contributed by atoms with Gasteiger partial charge in [-0.2, -0.15) is 0 Å². The van der Waals surface area contributed by atoms with E-state index in [2.05, 4.69) is 10.2 Å². The van der Waals surface area contributed by atoms with Crippen LogP contribution in [-0.4, -0.2) is 42.4 Å². The fourth-order valence-corrected chi connectivity index (χ4v) is 1.95. The van der Waals surface area contributed by atoms with Gasteiger partial charge in [-0.3, -0.25) is 9.63 Å². The zero-order chi connectivity index (χ0) is 16.1. The van der Waals surface area contributed by atoms with Gasteiger partial charge in [0.25, 0.3) is 5.91 Å². The summed E-state index contributed by atoms with van der Waals surface area (Å²) in [5.74, 6) is 0.757. The normalized spacial score (nSPS) is 12.2. The van der Waals surface area contributed by atoms with Gasteiger partial charge in [-0.1, -0.05) is 19.1 Å². The number of likely N-dealkylation sites (N-methyl/N-ethyl adjacent to an activating group) is 1. The van der Waals surface area contributed by atoms with Crippen molar-refractivity contribution in [2.24, 2.45) is 0 Å². The van der Waals surface area contributed by atoms with Crippen molar-refractivity contribution in [1.82, 2.24) is 15.3 Å². The molecule has 1 aromatic heterocycles. The third-order valence-corrected chi connectivity index (χ3v) is 3.27. The molecule has 1 unspecified atom stereocenters. The average molecular weight is 305 g/mol. The molecule has 0 fully saturated rings. The van der Waals surface area contributed by atoms with Gasteiger partial charge in [0.1, 0.15) is 0 Å². The SMILES string of the molecule is CCc1nnc(-c2ccc(C(OC)C(=O)N(C)OC)cc2)o1. The molecule has 1 heterocycles. The van der Waals surface area contributed by atoms with Crippen molar-refractivity contribution >= 4 is 5.91 Å². The van der Waals surface area contributed by atoms with E-state index in [0.29, 0.717) is 18.2 Å². The molecule has 1 aromatic carbocycles. The van der Waals surface area contributed by atoms with Crippen molar-refractivity contribution < 1.29 is 18.8 Å². The van der Waals surface area contributed by atoms with Gasteiger partial charge in [-0.05, 0) is 17.7 Å².